The van der Waals surface area contributed by atoms with E-state index in [1.54, 1.807) is 14.0 Å². The number of likely N-dealkylation sites (tertiary alicyclic amines) is 1. The Morgan fingerprint density at radius 1 is 1.50 bits per heavy atom. The third-order valence-electron chi connectivity index (χ3n) is 3.02. The van der Waals surface area contributed by atoms with Gasteiger partial charge in [0.1, 0.15) is 6.04 Å². The van der Waals surface area contributed by atoms with Crippen molar-refractivity contribution in [1.29, 1.82) is 0 Å². The van der Waals surface area contributed by atoms with Crippen molar-refractivity contribution in [2.45, 2.75) is 38.0 Å². The van der Waals surface area contributed by atoms with Crippen LogP contribution in [0.2, 0.25) is 0 Å². The molecule has 1 aliphatic heterocycles. The van der Waals surface area contributed by atoms with Gasteiger partial charge in [0, 0.05) is 26.6 Å². The topological polar surface area (TPSA) is 101 Å². The van der Waals surface area contributed by atoms with Gasteiger partial charge in [-0.25, -0.2) is 9.59 Å². The summed E-state index contributed by atoms with van der Waals surface area (Å²) in [7, 11) is 1.55. The monoisotopic (exact) mass is 260 g/mol. The first-order valence-electron chi connectivity index (χ1n) is 5.93. The van der Waals surface area contributed by atoms with Crippen LogP contribution in [0.15, 0.2) is 0 Å². The lowest BCUT2D eigenvalue weighted by molar-refractivity contribution is -0.141. The van der Waals surface area contributed by atoms with Gasteiger partial charge in [0.2, 0.25) is 0 Å². The molecule has 0 radical (unpaired) electrons. The van der Waals surface area contributed by atoms with E-state index in [0.717, 1.165) is 4.90 Å². The molecule has 1 unspecified atom stereocenters. The molecule has 1 saturated heterocycles. The van der Waals surface area contributed by atoms with Crippen LogP contribution in [0.3, 0.4) is 0 Å². The molecule has 0 bridgehead atoms. The number of nitrogens with zero attached hydrogens (tertiary/aromatic N) is 2. The quantitative estimate of drug-likeness (QED) is 0.622. The number of carboxylic acid groups (broad SMARTS) is 1. The van der Waals surface area contributed by atoms with Gasteiger partial charge >= 0.3 is 12.0 Å². The maximum atomic E-state index is 12.0. The molecule has 1 aliphatic rings. The second-order valence-electron chi connectivity index (χ2n) is 4.74. The molecule has 3 N–H and O–H groups in total. The molecule has 0 aromatic carbocycles. The first-order chi connectivity index (χ1) is 8.32. The van der Waals surface area contributed by atoms with Crippen LogP contribution in [0.1, 0.15) is 19.8 Å². The highest BCUT2D eigenvalue weighted by molar-refractivity contribution is 5.83. The van der Waals surface area contributed by atoms with Gasteiger partial charge in [-0.05, 0) is 13.3 Å². The molecule has 0 saturated carbocycles. The van der Waals surface area contributed by atoms with Crippen LogP contribution < -0.4 is 0 Å². The minimum atomic E-state index is -1.11. The van der Waals surface area contributed by atoms with Crippen molar-refractivity contribution in [3.05, 3.63) is 0 Å². The number of urea groups is 1. The van der Waals surface area contributed by atoms with Crippen LogP contribution in [0.25, 0.3) is 0 Å². The zero-order chi connectivity index (χ0) is 13.9. The molecule has 18 heavy (non-hydrogen) atoms. The summed E-state index contributed by atoms with van der Waals surface area (Å²) in [6.07, 6.45) is -0.818. The standard InChI is InChI=1S/C11H20N2O5/c1-7(14)3-4-12(2)11(18)13-6-8(15)5-9(13)10(16)17/h7-9,14-15H,3-6H2,1-2H3,(H,16,17)/t7?,8-,9-/m1/s1. The number of rotatable bonds is 4. The molecule has 1 fully saturated rings. The van der Waals surface area contributed by atoms with E-state index in [2.05, 4.69) is 0 Å². The lowest BCUT2D eigenvalue weighted by Gasteiger charge is -2.27. The number of carboxylic acids is 1. The first kappa shape index (κ1) is 14.7. The predicted molar refractivity (Wildman–Crippen MR) is 63.1 cm³/mol. The van der Waals surface area contributed by atoms with Crippen LogP contribution in [0, 0.1) is 0 Å². The Hall–Kier alpha value is -1.34. The average Bonchev–Trinajstić information content (AvgIpc) is 2.67. The van der Waals surface area contributed by atoms with E-state index in [0.29, 0.717) is 13.0 Å². The summed E-state index contributed by atoms with van der Waals surface area (Å²) < 4.78 is 0. The van der Waals surface area contributed by atoms with E-state index < -0.39 is 30.3 Å². The smallest absolute Gasteiger partial charge is 0.326 e. The van der Waals surface area contributed by atoms with Crippen molar-refractivity contribution in [2.24, 2.45) is 0 Å². The molecule has 0 spiro atoms. The number of aliphatic hydroxyl groups is 2. The number of aliphatic hydroxyl groups excluding tert-OH is 2. The summed E-state index contributed by atoms with van der Waals surface area (Å²) in [5.41, 5.74) is 0. The summed E-state index contributed by atoms with van der Waals surface area (Å²) in [6.45, 7) is 2.00. The van der Waals surface area contributed by atoms with Gasteiger partial charge in [-0.1, -0.05) is 0 Å². The summed E-state index contributed by atoms with van der Waals surface area (Å²) in [4.78, 5) is 25.5. The second-order valence-corrected chi connectivity index (χ2v) is 4.74. The molecule has 2 amide bonds. The third-order valence-corrected chi connectivity index (χ3v) is 3.02. The van der Waals surface area contributed by atoms with Crippen molar-refractivity contribution in [3.63, 3.8) is 0 Å². The van der Waals surface area contributed by atoms with E-state index in [1.807, 2.05) is 0 Å². The Balaban J connectivity index is 2.61. The molecule has 7 heteroatoms. The summed E-state index contributed by atoms with van der Waals surface area (Å²) >= 11 is 0. The maximum absolute atomic E-state index is 12.0. The number of hydrogen-bond acceptors (Lipinski definition) is 4. The number of β-amino-alcohol motifs (C(OH)–C–C–N with tert-alkyl or cyclic N) is 1. The molecular formula is C11H20N2O5. The van der Waals surface area contributed by atoms with E-state index in [4.69, 9.17) is 10.2 Å². The Labute approximate surface area is 106 Å². The molecule has 104 valence electrons. The summed E-state index contributed by atoms with van der Waals surface area (Å²) in [5.74, 6) is -1.11. The fraction of sp³-hybridized carbons (Fsp3) is 0.818. The normalized spacial score (nSPS) is 25.0. The fourth-order valence-electron chi connectivity index (χ4n) is 1.95. The Morgan fingerprint density at radius 3 is 2.61 bits per heavy atom. The number of hydrogen-bond donors (Lipinski definition) is 3. The third kappa shape index (κ3) is 3.58. The number of carbonyl (C=O) groups is 2. The van der Waals surface area contributed by atoms with Gasteiger partial charge in [-0.2, -0.15) is 0 Å². The van der Waals surface area contributed by atoms with Crippen LogP contribution in [-0.4, -0.2) is 75.5 Å². The molecule has 1 heterocycles. The Kier molecular flexibility index (Phi) is 4.92. The minimum absolute atomic E-state index is 0.0365. The fourth-order valence-corrected chi connectivity index (χ4v) is 1.95. The summed E-state index contributed by atoms with van der Waals surface area (Å²) in [6, 6.07) is -1.40. The van der Waals surface area contributed by atoms with Crippen molar-refractivity contribution >= 4 is 12.0 Å². The highest BCUT2D eigenvalue weighted by Gasteiger charge is 2.39. The molecule has 3 atom stereocenters. The molecule has 0 aromatic heterocycles. The lowest BCUT2D eigenvalue weighted by atomic mass is 10.2. The minimum Gasteiger partial charge on any atom is -0.480 e. The van der Waals surface area contributed by atoms with Crippen molar-refractivity contribution < 1.29 is 24.9 Å². The number of aliphatic carboxylic acids is 1. The molecule has 7 nitrogen and oxygen atoms in total. The Bertz CT molecular complexity index is 321. The Morgan fingerprint density at radius 2 is 2.11 bits per heavy atom. The van der Waals surface area contributed by atoms with Crippen LogP contribution in [-0.2, 0) is 4.79 Å². The van der Waals surface area contributed by atoms with Crippen molar-refractivity contribution in [3.8, 4) is 0 Å². The lowest BCUT2D eigenvalue weighted by Crippen LogP contribution is -2.47. The van der Waals surface area contributed by atoms with Gasteiger partial charge in [0.15, 0.2) is 0 Å². The predicted octanol–water partition coefficient (Wildman–Crippen LogP) is -0.671. The number of amides is 2. The van der Waals surface area contributed by atoms with Crippen LogP contribution in [0.5, 0.6) is 0 Å². The second kappa shape index (κ2) is 6.01. The van der Waals surface area contributed by atoms with Gasteiger partial charge < -0.3 is 25.1 Å². The van der Waals surface area contributed by atoms with Gasteiger partial charge in [0.05, 0.1) is 12.2 Å². The van der Waals surface area contributed by atoms with Crippen molar-refractivity contribution in [1.82, 2.24) is 9.80 Å². The molecule has 1 rings (SSSR count). The van der Waals surface area contributed by atoms with Gasteiger partial charge in [-0.3, -0.25) is 0 Å². The zero-order valence-electron chi connectivity index (χ0n) is 10.6. The highest BCUT2D eigenvalue weighted by Crippen LogP contribution is 2.19. The van der Waals surface area contributed by atoms with Crippen LogP contribution >= 0.6 is 0 Å². The summed E-state index contributed by atoms with van der Waals surface area (Å²) in [5, 5.41) is 27.6. The maximum Gasteiger partial charge on any atom is 0.326 e. The van der Waals surface area contributed by atoms with E-state index in [1.165, 1.54) is 4.90 Å². The van der Waals surface area contributed by atoms with E-state index >= 15 is 0 Å². The average molecular weight is 260 g/mol. The van der Waals surface area contributed by atoms with Gasteiger partial charge in [-0.15, -0.1) is 0 Å². The molecule has 0 aliphatic carbocycles. The SMILES string of the molecule is CC(O)CCN(C)C(=O)N1C[C@H](O)C[C@@H]1C(=O)O. The molecule has 0 aromatic rings. The largest absolute Gasteiger partial charge is 0.480 e. The zero-order valence-corrected chi connectivity index (χ0v) is 10.6. The van der Waals surface area contributed by atoms with Gasteiger partial charge in [0.25, 0.3) is 0 Å². The van der Waals surface area contributed by atoms with E-state index in [-0.39, 0.29) is 13.0 Å². The number of carbonyl (C=O) groups excluding carboxylic acids is 1. The van der Waals surface area contributed by atoms with Crippen molar-refractivity contribution in [2.75, 3.05) is 20.1 Å². The van der Waals surface area contributed by atoms with E-state index in [9.17, 15) is 14.7 Å². The first-order valence-corrected chi connectivity index (χ1v) is 5.93. The highest BCUT2D eigenvalue weighted by atomic mass is 16.4. The molecular weight excluding hydrogens is 240 g/mol. The van der Waals surface area contributed by atoms with Crippen LogP contribution in [0.4, 0.5) is 4.79 Å².